The average Bonchev–Trinajstić information content (AvgIpc) is 2.41. The summed E-state index contributed by atoms with van der Waals surface area (Å²) in [5.41, 5.74) is -0.244. The molecule has 0 radical (unpaired) electrons. The zero-order chi connectivity index (χ0) is 14.0. The molecule has 104 valence electrons. The van der Waals surface area contributed by atoms with Crippen molar-refractivity contribution in [2.45, 2.75) is 25.9 Å². The van der Waals surface area contributed by atoms with Gasteiger partial charge in [0, 0.05) is 19.0 Å². The first-order valence-electron chi connectivity index (χ1n) is 6.45. The summed E-state index contributed by atoms with van der Waals surface area (Å²) in [5, 5.41) is 9.77. The second-order valence-electron chi connectivity index (χ2n) is 4.90. The maximum absolute atomic E-state index is 13.6. The van der Waals surface area contributed by atoms with Crippen LogP contribution in [0.3, 0.4) is 0 Å². The summed E-state index contributed by atoms with van der Waals surface area (Å²) in [5.74, 6) is -1.86. The monoisotopic (exact) mass is 269 g/mol. The molecule has 2 atom stereocenters. The fourth-order valence-corrected chi connectivity index (χ4v) is 2.44. The number of rotatable bonds is 2. The largest absolute Gasteiger partial charge is 0.393 e. The van der Waals surface area contributed by atoms with Crippen molar-refractivity contribution in [3.8, 4) is 0 Å². The minimum Gasteiger partial charge on any atom is -0.393 e. The van der Waals surface area contributed by atoms with Gasteiger partial charge < -0.3 is 10.0 Å². The number of benzene rings is 1. The second kappa shape index (κ2) is 5.65. The number of aliphatic hydroxyl groups excluding tert-OH is 1. The Balaban J connectivity index is 2.18. The summed E-state index contributed by atoms with van der Waals surface area (Å²) in [6.07, 6.45) is 0.795. The summed E-state index contributed by atoms with van der Waals surface area (Å²) >= 11 is 0. The van der Waals surface area contributed by atoms with E-state index >= 15 is 0 Å². The molecular formula is C14H17F2NO2. The van der Waals surface area contributed by atoms with E-state index in [0.717, 1.165) is 24.6 Å². The fourth-order valence-electron chi connectivity index (χ4n) is 2.44. The van der Waals surface area contributed by atoms with Gasteiger partial charge in [-0.2, -0.15) is 0 Å². The molecule has 3 nitrogen and oxygen atoms in total. The first-order chi connectivity index (χ1) is 9.02. The van der Waals surface area contributed by atoms with Gasteiger partial charge in [0.25, 0.3) is 5.91 Å². The molecule has 5 heteroatoms. The zero-order valence-electron chi connectivity index (χ0n) is 10.8. The lowest BCUT2D eigenvalue weighted by Crippen LogP contribution is -2.46. The van der Waals surface area contributed by atoms with Gasteiger partial charge >= 0.3 is 0 Å². The van der Waals surface area contributed by atoms with E-state index in [1.165, 1.54) is 4.90 Å². The molecule has 0 saturated carbocycles. The molecule has 0 spiro atoms. The highest BCUT2D eigenvalue weighted by Crippen LogP contribution is 2.22. The third-order valence-electron chi connectivity index (χ3n) is 3.66. The number of nitrogens with zero attached hydrogens (tertiary/aromatic N) is 1. The molecule has 1 fully saturated rings. The molecule has 1 saturated heterocycles. The first-order valence-corrected chi connectivity index (χ1v) is 6.45. The van der Waals surface area contributed by atoms with Gasteiger partial charge in [-0.05, 0) is 31.0 Å². The number of hydrogen-bond acceptors (Lipinski definition) is 2. The molecule has 1 heterocycles. The highest BCUT2D eigenvalue weighted by atomic mass is 19.1. The van der Waals surface area contributed by atoms with Crippen LogP contribution in [0.2, 0.25) is 0 Å². The minimum absolute atomic E-state index is 0.00526. The number of piperidine rings is 1. The average molecular weight is 269 g/mol. The van der Waals surface area contributed by atoms with Gasteiger partial charge in [0.2, 0.25) is 0 Å². The maximum Gasteiger partial charge on any atom is 0.256 e. The van der Waals surface area contributed by atoms with Crippen molar-refractivity contribution in [1.29, 1.82) is 0 Å². The summed E-state index contributed by atoms with van der Waals surface area (Å²) in [6.45, 7) is 2.68. The lowest BCUT2D eigenvalue weighted by molar-refractivity contribution is 0.0226. The molecule has 1 aromatic carbocycles. The molecule has 0 bridgehead atoms. The molecule has 1 aromatic rings. The van der Waals surface area contributed by atoms with Gasteiger partial charge in [0.1, 0.15) is 11.6 Å². The van der Waals surface area contributed by atoms with Crippen LogP contribution < -0.4 is 0 Å². The van der Waals surface area contributed by atoms with Gasteiger partial charge in [-0.1, -0.05) is 6.92 Å². The van der Waals surface area contributed by atoms with Crippen LogP contribution >= 0.6 is 0 Å². The van der Waals surface area contributed by atoms with Crippen LogP contribution in [0.1, 0.15) is 30.1 Å². The van der Waals surface area contributed by atoms with Gasteiger partial charge in [0.05, 0.1) is 11.7 Å². The Morgan fingerprint density at radius 3 is 2.89 bits per heavy atom. The topological polar surface area (TPSA) is 40.5 Å². The van der Waals surface area contributed by atoms with Crippen LogP contribution in [0.5, 0.6) is 0 Å². The normalized spacial score (nSPS) is 23.5. The molecule has 1 N–H and O–H groups in total. The van der Waals surface area contributed by atoms with E-state index in [-0.39, 0.29) is 11.5 Å². The van der Waals surface area contributed by atoms with Crippen LogP contribution in [0.25, 0.3) is 0 Å². The second-order valence-corrected chi connectivity index (χ2v) is 4.90. The minimum atomic E-state index is -0.717. The Kier molecular flexibility index (Phi) is 4.14. The van der Waals surface area contributed by atoms with Crippen LogP contribution in [0, 0.1) is 17.6 Å². The van der Waals surface area contributed by atoms with Crippen molar-refractivity contribution in [1.82, 2.24) is 4.90 Å². The predicted molar refractivity (Wildman–Crippen MR) is 66.7 cm³/mol. The molecule has 2 unspecified atom stereocenters. The van der Waals surface area contributed by atoms with Gasteiger partial charge in [-0.25, -0.2) is 8.78 Å². The highest BCUT2D eigenvalue weighted by molar-refractivity contribution is 5.94. The Morgan fingerprint density at radius 1 is 1.47 bits per heavy atom. The summed E-state index contributed by atoms with van der Waals surface area (Å²) in [6, 6.07) is 2.86. The van der Waals surface area contributed by atoms with Gasteiger partial charge in [-0.15, -0.1) is 0 Å². The summed E-state index contributed by atoms with van der Waals surface area (Å²) in [7, 11) is 0. The molecular weight excluding hydrogens is 252 g/mol. The van der Waals surface area contributed by atoms with E-state index in [4.69, 9.17) is 0 Å². The quantitative estimate of drug-likeness (QED) is 0.894. The van der Waals surface area contributed by atoms with Gasteiger partial charge in [-0.3, -0.25) is 4.79 Å². The number of carbonyl (C=O) groups is 1. The van der Waals surface area contributed by atoms with Gasteiger partial charge in [0.15, 0.2) is 0 Å². The Hall–Kier alpha value is -1.49. The summed E-state index contributed by atoms with van der Waals surface area (Å²) in [4.78, 5) is 13.7. The van der Waals surface area contributed by atoms with Crippen molar-refractivity contribution in [3.05, 3.63) is 35.4 Å². The molecule has 2 rings (SSSR count). The molecule has 0 aromatic heterocycles. The Morgan fingerprint density at radius 2 is 2.21 bits per heavy atom. The van der Waals surface area contributed by atoms with E-state index in [9.17, 15) is 18.7 Å². The highest BCUT2D eigenvalue weighted by Gasteiger charge is 2.30. The molecule has 1 aliphatic heterocycles. The smallest absolute Gasteiger partial charge is 0.256 e. The van der Waals surface area contributed by atoms with Crippen molar-refractivity contribution < 1.29 is 18.7 Å². The van der Waals surface area contributed by atoms with Crippen molar-refractivity contribution in [2.75, 3.05) is 13.1 Å². The third kappa shape index (κ3) is 2.92. The SMILES string of the molecule is CCC1CN(C(=O)c2cc(F)ccc2F)CCC1O. The molecule has 1 aliphatic rings. The third-order valence-corrected chi connectivity index (χ3v) is 3.66. The standard InChI is InChI=1S/C14H17F2NO2/c1-2-9-8-17(6-5-13(9)18)14(19)11-7-10(15)3-4-12(11)16/h3-4,7,9,13,18H,2,5-6,8H2,1H3. The predicted octanol–water partition coefficient (Wildman–Crippen LogP) is 2.20. The Labute approximate surface area is 110 Å². The number of hydrogen-bond donors (Lipinski definition) is 1. The molecule has 1 amide bonds. The van der Waals surface area contributed by atoms with Crippen LogP contribution in [0.15, 0.2) is 18.2 Å². The lowest BCUT2D eigenvalue weighted by atomic mass is 9.92. The maximum atomic E-state index is 13.6. The van der Waals surface area contributed by atoms with E-state index in [1.54, 1.807) is 0 Å². The fraction of sp³-hybridized carbons (Fsp3) is 0.500. The molecule has 0 aliphatic carbocycles. The number of halogens is 2. The van der Waals surface area contributed by atoms with Crippen LogP contribution in [0.4, 0.5) is 8.78 Å². The number of likely N-dealkylation sites (tertiary alicyclic amines) is 1. The first kappa shape index (κ1) is 13.9. The summed E-state index contributed by atoms with van der Waals surface area (Å²) < 4.78 is 26.7. The van der Waals surface area contributed by atoms with Crippen molar-refractivity contribution in [2.24, 2.45) is 5.92 Å². The molecule has 19 heavy (non-hydrogen) atoms. The zero-order valence-corrected chi connectivity index (χ0v) is 10.8. The lowest BCUT2D eigenvalue weighted by Gasteiger charge is -2.35. The van der Waals surface area contributed by atoms with Crippen molar-refractivity contribution in [3.63, 3.8) is 0 Å². The number of aliphatic hydroxyl groups is 1. The van der Waals surface area contributed by atoms with Crippen LogP contribution in [-0.2, 0) is 0 Å². The van der Waals surface area contributed by atoms with Crippen molar-refractivity contribution >= 4 is 5.91 Å². The van der Waals surface area contributed by atoms with Crippen LogP contribution in [-0.4, -0.2) is 35.1 Å². The number of amides is 1. The van der Waals surface area contributed by atoms with E-state index < -0.39 is 23.6 Å². The van der Waals surface area contributed by atoms with E-state index in [2.05, 4.69) is 0 Å². The van der Waals surface area contributed by atoms with E-state index in [1.807, 2.05) is 6.92 Å². The number of carbonyl (C=O) groups excluding carboxylic acids is 1. The van der Waals surface area contributed by atoms with E-state index in [0.29, 0.717) is 19.5 Å². The Bertz CT molecular complexity index is 479.